The number of carboxylic acid groups (broad SMARTS) is 1. The van der Waals surface area contributed by atoms with E-state index in [0.29, 0.717) is 68.4 Å². The Kier molecular flexibility index (Phi) is 11.2. The average molecular weight is 672 g/mol. The Morgan fingerprint density at radius 2 is 1.58 bits per heavy atom. The lowest BCUT2D eigenvalue weighted by Gasteiger charge is -2.28. The molecule has 0 aromatic heterocycles. The molecule has 5 rings (SSSR count). The number of aliphatic carboxylic acids is 1. The van der Waals surface area contributed by atoms with Crippen LogP contribution in [-0.2, 0) is 32.7 Å². The first-order chi connectivity index (χ1) is 23.1. The molecule has 0 saturated carbocycles. The number of rotatable bonds is 15. The van der Waals surface area contributed by atoms with E-state index in [9.17, 15) is 23.1 Å². The second-order valence-electron chi connectivity index (χ2n) is 11.9. The SMILES string of the molecule is Cc1c(NS(C)(=O)=O)cccc1N(Cc1ccccc1)Cc1ccc(Oc2cccc(OCCCC(=O)N3CCCC3C(=O)O)c2)cc1. The van der Waals surface area contributed by atoms with Crippen molar-refractivity contribution in [1.29, 1.82) is 0 Å². The molecule has 0 radical (unpaired) electrons. The number of carboxylic acids is 1. The molecule has 1 amide bonds. The van der Waals surface area contributed by atoms with Crippen LogP contribution in [0.25, 0.3) is 0 Å². The van der Waals surface area contributed by atoms with Crippen molar-refractivity contribution in [1.82, 2.24) is 4.90 Å². The third-order valence-electron chi connectivity index (χ3n) is 8.16. The van der Waals surface area contributed by atoms with E-state index in [0.717, 1.165) is 28.6 Å². The van der Waals surface area contributed by atoms with Crippen molar-refractivity contribution in [2.75, 3.05) is 29.0 Å². The number of nitrogens with one attached hydrogen (secondary N) is 1. The van der Waals surface area contributed by atoms with E-state index in [1.54, 1.807) is 12.1 Å². The average Bonchev–Trinajstić information content (AvgIpc) is 3.56. The van der Waals surface area contributed by atoms with Crippen molar-refractivity contribution in [3.63, 3.8) is 0 Å². The predicted molar refractivity (Wildman–Crippen MR) is 186 cm³/mol. The van der Waals surface area contributed by atoms with Gasteiger partial charge >= 0.3 is 5.97 Å². The topological polar surface area (TPSA) is 125 Å². The zero-order valence-electron chi connectivity index (χ0n) is 27.2. The summed E-state index contributed by atoms with van der Waals surface area (Å²) in [5.74, 6) is 0.774. The molecule has 48 heavy (non-hydrogen) atoms. The van der Waals surface area contributed by atoms with Crippen LogP contribution in [0.15, 0.2) is 97.1 Å². The van der Waals surface area contributed by atoms with Gasteiger partial charge in [-0.15, -0.1) is 0 Å². The van der Waals surface area contributed by atoms with Crippen LogP contribution in [0.5, 0.6) is 17.2 Å². The van der Waals surface area contributed by atoms with Gasteiger partial charge in [-0.3, -0.25) is 9.52 Å². The fourth-order valence-corrected chi connectivity index (χ4v) is 6.45. The number of sulfonamides is 1. The molecule has 1 heterocycles. The molecule has 0 aliphatic carbocycles. The summed E-state index contributed by atoms with van der Waals surface area (Å²) < 4.78 is 38.5. The molecule has 2 N–H and O–H groups in total. The van der Waals surface area contributed by atoms with E-state index in [1.807, 2.05) is 79.7 Å². The Balaban J connectivity index is 1.20. The van der Waals surface area contributed by atoms with Gasteiger partial charge < -0.3 is 24.4 Å². The molecule has 11 heteroatoms. The van der Waals surface area contributed by atoms with Crippen LogP contribution in [-0.4, -0.2) is 55.7 Å². The molecule has 252 valence electrons. The fourth-order valence-electron chi connectivity index (χ4n) is 5.83. The van der Waals surface area contributed by atoms with Crippen LogP contribution >= 0.6 is 0 Å². The Hall–Kier alpha value is -5.03. The minimum absolute atomic E-state index is 0.153. The molecule has 0 bridgehead atoms. The normalized spacial score (nSPS) is 14.4. The fraction of sp³-hybridized carbons (Fsp3) is 0.297. The number of nitrogens with zero attached hydrogens (tertiary/aromatic N) is 2. The quantitative estimate of drug-likeness (QED) is 0.136. The Morgan fingerprint density at radius 1 is 0.896 bits per heavy atom. The summed E-state index contributed by atoms with van der Waals surface area (Å²) in [5, 5.41) is 9.32. The van der Waals surface area contributed by atoms with Crippen molar-refractivity contribution in [3.05, 3.63) is 114 Å². The molecule has 4 aromatic rings. The highest BCUT2D eigenvalue weighted by Gasteiger charge is 2.33. The molecule has 1 aliphatic heterocycles. The number of benzene rings is 4. The first-order valence-corrected chi connectivity index (χ1v) is 17.8. The molecule has 1 aliphatic rings. The van der Waals surface area contributed by atoms with Gasteiger partial charge in [0.2, 0.25) is 15.9 Å². The van der Waals surface area contributed by atoms with E-state index in [-0.39, 0.29) is 12.3 Å². The summed E-state index contributed by atoms with van der Waals surface area (Å²) >= 11 is 0. The smallest absolute Gasteiger partial charge is 0.326 e. The number of carbonyl (C=O) groups is 2. The van der Waals surface area contributed by atoms with Gasteiger partial charge in [-0.1, -0.05) is 54.6 Å². The lowest BCUT2D eigenvalue weighted by molar-refractivity contribution is -0.148. The van der Waals surface area contributed by atoms with Crippen molar-refractivity contribution >= 4 is 33.3 Å². The molecule has 4 aromatic carbocycles. The van der Waals surface area contributed by atoms with Crippen molar-refractivity contribution in [2.45, 2.75) is 51.7 Å². The Morgan fingerprint density at radius 3 is 2.29 bits per heavy atom. The molecule has 1 saturated heterocycles. The third-order valence-corrected chi connectivity index (χ3v) is 8.75. The number of ether oxygens (including phenoxy) is 2. The second kappa shape index (κ2) is 15.7. The highest BCUT2D eigenvalue weighted by atomic mass is 32.2. The van der Waals surface area contributed by atoms with E-state index in [4.69, 9.17) is 9.47 Å². The zero-order chi connectivity index (χ0) is 34.1. The molecular formula is C37H41N3O7S. The molecule has 10 nitrogen and oxygen atoms in total. The molecular weight excluding hydrogens is 630 g/mol. The number of anilines is 2. The van der Waals surface area contributed by atoms with Crippen molar-refractivity contribution in [3.8, 4) is 17.2 Å². The van der Waals surface area contributed by atoms with Crippen molar-refractivity contribution < 1.29 is 32.6 Å². The van der Waals surface area contributed by atoms with Crippen LogP contribution in [0.3, 0.4) is 0 Å². The minimum Gasteiger partial charge on any atom is -0.493 e. The maximum Gasteiger partial charge on any atom is 0.326 e. The summed E-state index contributed by atoms with van der Waals surface area (Å²) in [6, 6.07) is 30.1. The Bertz CT molecular complexity index is 1810. The van der Waals surface area contributed by atoms with Crippen LogP contribution in [0, 0.1) is 6.92 Å². The monoisotopic (exact) mass is 671 g/mol. The lowest BCUT2D eigenvalue weighted by Crippen LogP contribution is -2.40. The number of hydrogen-bond acceptors (Lipinski definition) is 7. The van der Waals surface area contributed by atoms with Gasteiger partial charge in [0, 0.05) is 37.8 Å². The van der Waals surface area contributed by atoms with Gasteiger partial charge in [0.15, 0.2) is 0 Å². The van der Waals surface area contributed by atoms with E-state index >= 15 is 0 Å². The molecule has 1 unspecified atom stereocenters. The van der Waals surface area contributed by atoms with Crippen LogP contribution < -0.4 is 19.1 Å². The number of likely N-dealkylation sites (tertiary alicyclic amines) is 1. The third kappa shape index (κ3) is 9.51. The summed E-state index contributed by atoms with van der Waals surface area (Å²) in [4.78, 5) is 27.6. The molecule has 1 atom stereocenters. The highest BCUT2D eigenvalue weighted by Crippen LogP contribution is 2.31. The summed E-state index contributed by atoms with van der Waals surface area (Å²) in [7, 11) is -3.43. The zero-order valence-corrected chi connectivity index (χ0v) is 28.0. The first-order valence-electron chi connectivity index (χ1n) is 15.9. The van der Waals surface area contributed by atoms with E-state index in [1.165, 1.54) is 4.90 Å². The predicted octanol–water partition coefficient (Wildman–Crippen LogP) is 6.60. The largest absolute Gasteiger partial charge is 0.493 e. The second-order valence-corrected chi connectivity index (χ2v) is 13.7. The molecule has 1 fully saturated rings. The summed E-state index contributed by atoms with van der Waals surface area (Å²) in [6.07, 6.45) is 3.07. The van der Waals surface area contributed by atoms with Crippen LogP contribution in [0.2, 0.25) is 0 Å². The van der Waals surface area contributed by atoms with Gasteiger partial charge in [0.1, 0.15) is 23.3 Å². The van der Waals surface area contributed by atoms with Gasteiger partial charge in [-0.2, -0.15) is 0 Å². The minimum atomic E-state index is -3.43. The van der Waals surface area contributed by atoms with Gasteiger partial charge in [-0.05, 0) is 79.3 Å². The number of carbonyl (C=O) groups excluding carboxylic acids is 1. The van der Waals surface area contributed by atoms with Crippen LogP contribution in [0.1, 0.15) is 42.4 Å². The lowest BCUT2D eigenvalue weighted by atomic mass is 10.1. The van der Waals surface area contributed by atoms with E-state index < -0.39 is 22.0 Å². The number of amides is 1. The highest BCUT2D eigenvalue weighted by molar-refractivity contribution is 7.92. The summed E-state index contributed by atoms with van der Waals surface area (Å²) in [6.45, 7) is 3.94. The number of hydrogen-bond donors (Lipinski definition) is 2. The van der Waals surface area contributed by atoms with E-state index in [2.05, 4.69) is 21.8 Å². The maximum atomic E-state index is 12.5. The van der Waals surface area contributed by atoms with Gasteiger partial charge in [0.05, 0.1) is 18.6 Å². The van der Waals surface area contributed by atoms with Crippen molar-refractivity contribution in [2.24, 2.45) is 0 Å². The van der Waals surface area contributed by atoms with Gasteiger partial charge in [-0.25, -0.2) is 13.2 Å². The molecule has 0 spiro atoms. The van der Waals surface area contributed by atoms with Crippen LogP contribution in [0.4, 0.5) is 11.4 Å². The Labute approximate surface area is 282 Å². The van der Waals surface area contributed by atoms with Gasteiger partial charge in [0.25, 0.3) is 0 Å². The maximum absolute atomic E-state index is 12.5. The summed E-state index contributed by atoms with van der Waals surface area (Å²) in [5.41, 5.74) is 4.49. The standard InChI is InChI=1S/C37H41N3O7S/c1-27-33(38-48(2,44)45)14-7-15-34(27)39(25-28-10-4-3-5-11-28)26-29-18-20-30(21-19-29)47-32-13-6-12-31(24-32)46-23-9-17-36(41)40-22-8-16-35(40)37(42)43/h3-7,10-15,18-21,24,35,38H,8-9,16-17,22-23,25-26H2,1-2H3,(H,42,43). The first kappa shape index (κ1) is 34.3.